The summed E-state index contributed by atoms with van der Waals surface area (Å²) < 4.78 is 0. The van der Waals surface area contributed by atoms with E-state index in [-0.39, 0.29) is 51.0 Å². The molecule has 0 bridgehead atoms. The predicted octanol–water partition coefficient (Wildman–Crippen LogP) is 2.04. The fraction of sp³-hybridized carbons (Fsp3) is 0.615. The van der Waals surface area contributed by atoms with Crippen molar-refractivity contribution in [2.24, 2.45) is 0 Å². The average molecular weight is 513 g/mol. The van der Waals surface area contributed by atoms with E-state index in [1.165, 1.54) is 77.0 Å². The van der Waals surface area contributed by atoms with E-state index in [0.717, 1.165) is 0 Å². The van der Waals surface area contributed by atoms with Crippen LogP contribution in [0.15, 0.2) is 48.5 Å². The molecule has 0 atom stereocenters. The van der Waals surface area contributed by atoms with E-state index in [2.05, 4.69) is 62.4 Å². The second-order valence-electron chi connectivity index (χ2n) is 8.74. The third-order valence-electron chi connectivity index (χ3n) is 7.52. The summed E-state index contributed by atoms with van der Waals surface area (Å²) in [5.74, 6) is 0. The third-order valence-corrected chi connectivity index (χ3v) is 7.52. The molecule has 2 aromatic carbocycles. The third kappa shape index (κ3) is 7.08. The summed E-state index contributed by atoms with van der Waals surface area (Å²) >= 11 is 0. The smallest absolute Gasteiger partial charge is 1.00 e. The van der Waals surface area contributed by atoms with Gasteiger partial charge in [0.2, 0.25) is 0 Å². The minimum absolute atomic E-state index is 0. The second kappa shape index (κ2) is 14.3. The minimum atomic E-state index is 0. The van der Waals surface area contributed by atoms with Crippen LogP contribution in [0.3, 0.4) is 0 Å². The number of hydrogen-bond acceptors (Lipinski definition) is 0. The maximum absolute atomic E-state index is 2.35. The maximum Gasteiger partial charge on any atom is 4.00 e. The zero-order valence-electron chi connectivity index (χ0n) is 18.4. The fourth-order valence-electron chi connectivity index (χ4n) is 5.60. The van der Waals surface area contributed by atoms with Crippen LogP contribution in [0, 0.1) is 0 Å². The Morgan fingerprint density at radius 1 is 0.552 bits per heavy atom. The minimum Gasteiger partial charge on any atom is -1.00 e. The van der Waals surface area contributed by atoms with Crippen molar-refractivity contribution in [3.05, 3.63) is 59.7 Å². The molecule has 0 aromatic heterocycles. The SMILES string of the molecule is CCC1([c-]2cccc2)CCCCC1.CCC1([c-]2cccc2)CCCCC1.[Cl-].[Cl-].[Zr+4]. The summed E-state index contributed by atoms with van der Waals surface area (Å²) in [5, 5.41) is 0. The van der Waals surface area contributed by atoms with Gasteiger partial charge in [0, 0.05) is 0 Å². The van der Waals surface area contributed by atoms with E-state index in [4.69, 9.17) is 0 Å². The molecule has 0 nitrogen and oxygen atoms in total. The average Bonchev–Trinajstić information content (AvgIpc) is 3.44. The molecule has 0 unspecified atom stereocenters. The van der Waals surface area contributed by atoms with Crippen LogP contribution in [0.25, 0.3) is 0 Å². The van der Waals surface area contributed by atoms with Crippen LogP contribution in [-0.2, 0) is 37.0 Å². The van der Waals surface area contributed by atoms with Crippen molar-refractivity contribution < 1.29 is 51.0 Å². The van der Waals surface area contributed by atoms with E-state index < -0.39 is 0 Å². The van der Waals surface area contributed by atoms with Gasteiger partial charge in [-0.3, -0.25) is 0 Å². The largest absolute Gasteiger partial charge is 4.00 e. The summed E-state index contributed by atoms with van der Waals surface area (Å²) in [7, 11) is 0. The maximum atomic E-state index is 2.35. The zero-order valence-corrected chi connectivity index (χ0v) is 22.3. The Morgan fingerprint density at radius 3 is 1.07 bits per heavy atom. The van der Waals surface area contributed by atoms with Gasteiger partial charge in [-0.1, -0.05) is 102 Å². The second-order valence-corrected chi connectivity index (χ2v) is 8.74. The van der Waals surface area contributed by atoms with Gasteiger partial charge >= 0.3 is 26.2 Å². The fourth-order valence-corrected chi connectivity index (χ4v) is 5.60. The van der Waals surface area contributed by atoms with Crippen molar-refractivity contribution in [2.75, 3.05) is 0 Å². The van der Waals surface area contributed by atoms with Gasteiger partial charge in [-0.2, -0.15) is 35.4 Å². The first-order chi connectivity index (χ1) is 12.7. The monoisotopic (exact) mass is 510 g/mol. The molecule has 160 valence electrons. The van der Waals surface area contributed by atoms with Crippen molar-refractivity contribution >= 4 is 0 Å². The molecule has 2 aliphatic carbocycles. The van der Waals surface area contributed by atoms with Crippen LogP contribution in [0.4, 0.5) is 0 Å². The Kier molecular flexibility index (Phi) is 14.3. The van der Waals surface area contributed by atoms with Crippen molar-refractivity contribution in [2.45, 2.75) is 102 Å². The molecular formula is C26H38Cl2Zr. The standard InChI is InChI=1S/2C13H19.2ClH.Zr/c2*1-2-13(10-6-3-7-11-13)12-8-4-5-9-12;;;/h2*4-5,8-9H,2-3,6-7,10-11H2,1H3;2*1H;/q2*-1;;;+4/p-2. The van der Waals surface area contributed by atoms with Crippen molar-refractivity contribution in [3.8, 4) is 0 Å². The molecule has 0 aliphatic heterocycles. The zero-order chi connectivity index (χ0) is 18.3. The topological polar surface area (TPSA) is 0 Å². The number of rotatable bonds is 4. The van der Waals surface area contributed by atoms with Gasteiger partial charge in [0.25, 0.3) is 0 Å². The molecule has 2 fully saturated rings. The molecule has 2 saturated carbocycles. The summed E-state index contributed by atoms with van der Waals surface area (Å²) in [6.07, 6.45) is 16.9. The van der Waals surface area contributed by atoms with E-state index in [1.54, 1.807) is 11.1 Å². The Labute approximate surface area is 211 Å². The first-order valence-corrected chi connectivity index (χ1v) is 11.2. The van der Waals surface area contributed by atoms with Crippen molar-refractivity contribution in [3.63, 3.8) is 0 Å². The van der Waals surface area contributed by atoms with Crippen molar-refractivity contribution in [1.29, 1.82) is 0 Å². The summed E-state index contributed by atoms with van der Waals surface area (Å²) in [5.41, 5.74) is 4.27. The quantitative estimate of drug-likeness (QED) is 0.550. The molecule has 3 heteroatoms. The molecule has 0 heterocycles. The molecule has 29 heavy (non-hydrogen) atoms. The van der Waals surface area contributed by atoms with Gasteiger partial charge in [0.1, 0.15) is 0 Å². The normalized spacial score (nSPS) is 19.4. The van der Waals surface area contributed by atoms with Crippen LogP contribution in [0.5, 0.6) is 0 Å². The first kappa shape index (κ1) is 29.2. The summed E-state index contributed by atoms with van der Waals surface area (Å²) in [6.45, 7) is 4.69. The first-order valence-electron chi connectivity index (χ1n) is 11.2. The molecule has 4 rings (SSSR count). The molecular weight excluding hydrogens is 474 g/mol. The summed E-state index contributed by atoms with van der Waals surface area (Å²) in [6, 6.07) is 18.0. The Morgan fingerprint density at radius 2 is 0.828 bits per heavy atom. The Balaban J connectivity index is 0.000000490. The Hall–Kier alpha value is 0.163. The van der Waals surface area contributed by atoms with Gasteiger partial charge in [0.15, 0.2) is 0 Å². The molecule has 0 N–H and O–H groups in total. The van der Waals surface area contributed by atoms with Crippen LogP contribution in [-0.4, -0.2) is 0 Å². The van der Waals surface area contributed by atoms with Crippen LogP contribution >= 0.6 is 0 Å². The van der Waals surface area contributed by atoms with Crippen LogP contribution < -0.4 is 24.8 Å². The van der Waals surface area contributed by atoms with E-state index >= 15 is 0 Å². The predicted molar refractivity (Wildman–Crippen MR) is 114 cm³/mol. The molecule has 0 spiro atoms. The van der Waals surface area contributed by atoms with Crippen molar-refractivity contribution in [1.82, 2.24) is 0 Å². The van der Waals surface area contributed by atoms with E-state index in [1.807, 2.05) is 0 Å². The van der Waals surface area contributed by atoms with Crippen LogP contribution in [0.1, 0.15) is 102 Å². The van der Waals surface area contributed by atoms with Gasteiger partial charge < -0.3 is 24.8 Å². The molecule has 0 amide bonds. The molecule has 2 aliphatic rings. The van der Waals surface area contributed by atoms with Gasteiger partial charge in [-0.15, -0.1) is 0 Å². The van der Waals surface area contributed by atoms with E-state index in [9.17, 15) is 0 Å². The van der Waals surface area contributed by atoms with Crippen LogP contribution in [0.2, 0.25) is 0 Å². The summed E-state index contributed by atoms with van der Waals surface area (Å²) in [4.78, 5) is 0. The number of halogens is 2. The number of hydrogen-bond donors (Lipinski definition) is 0. The van der Waals surface area contributed by atoms with Gasteiger partial charge in [-0.25, -0.2) is 24.3 Å². The Bertz CT molecular complexity index is 547. The molecule has 2 aromatic rings. The van der Waals surface area contributed by atoms with E-state index in [0.29, 0.717) is 10.8 Å². The van der Waals surface area contributed by atoms with Gasteiger partial charge in [0.05, 0.1) is 0 Å². The van der Waals surface area contributed by atoms with Gasteiger partial charge in [-0.05, 0) is 0 Å². The molecule has 0 saturated heterocycles. The molecule has 0 radical (unpaired) electrons.